The van der Waals surface area contributed by atoms with Crippen LogP contribution in [0, 0.1) is 0 Å². The largest absolute Gasteiger partial charge is 0.452 e. The predicted molar refractivity (Wildman–Crippen MR) is 111 cm³/mol. The summed E-state index contributed by atoms with van der Waals surface area (Å²) < 4.78 is 6.73. The molecule has 2 aromatic carbocycles. The van der Waals surface area contributed by atoms with Crippen molar-refractivity contribution in [3.8, 4) is 0 Å². The van der Waals surface area contributed by atoms with E-state index >= 15 is 0 Å². The van der Waals surface area contributed by atoms with Crippen LogP contribution in [0.25, 0.3) is 6.08 Å². The summed E-state index contributed by atoms with van der Waals surface area (Å²) in [6.45, 7) is 0.640. The van der Waals surface area contributed by atoms with Crippen LogP contribution in [0.15, 0.2) is 73.1 Å². The van der Waals surface area contributed by atoms with E-state index in [1.807, 2.05) is 48.7 Å². The number of benzene rings is 2. The van der Waals surface area contributed by atoms with Crippen molar-refractivity contribution in [3.05, 3.63) is 94.8 Å². The van der Waals surface area contributed by atoms with E-state index in [1.54, 1.807) is 29.1 Å². The molecule has 0 aliphatic carbocycles. The molecule has 3 rings (SSSR count). The molecule has 0 aliphatic heterocycles. The molecular weight excluding hydrogens is 390 g/mol. The van der Waals surface area contributed by atoms with Crippen molar-refractivity contribution in [2.75, 3.05) is 6.61 Å². The van der Waals surface area contributed by atoms with Crippen molar-refractivity contribution < 1.29 is 14.3 Å². The lowest BCUT2D eigenvalue weighted by molar-refractivity contribution is -0.143. The zero-order valence-electron chi connectivity index (χ0n) is 15.6. The quantitative estimate of drug-likeness (QED) is 0.456. The monoisotopic (exact) mass is 409 g/mol. The van der Waals surface area contributed by atoms with E-state index in [2.05, 4.69) is 10.4 Å². The molecule has 0 atom stereocenters. The molecule has 0 fully saturated rings. The van der Waals surface area contributed by atoms with Crippen LogP contribution in [-0.4, -0.2) is 28.3 Å². The van der Waals surface area contributed by atoms with E-state index in [0.29, 0.717) is 18.1 Å². The second-order valence-corrected chi connectivity index (χ2v) is 6.74. The van der Waals surface area contributed by atoms with Gasteiger partial charge in [0.15, 0.2) is 6.61 Å². The molecular formula is C22H20ClN3O3. The number of aromatic nitrogens is 2. The Kier molecular flexibility index (Phi) is 7.19. The van der Waals surface area contributed by atoms with Gasteiger partial charge in [0.1, 0.15) is 0 Å². The fourth-order valence-corrected chi connectivity index (χ4v) is 2.65. The van der Waals surface area contributed by atoms with Gasteiger partial charge in [-0.25, -0.2) is 4.79 Å². The number of nitrogens with one attached hydrogen (secondary N) is 1. The van der Waals surface area contributed by atoms with Gasteiger partial charge < -0.3 is 10.1 Å². The minimum absolute atomic E-state index is 0.337. The Morgan fingerprint density at radius 3 is 2.59 bits per heavy atom. The van der Waals surface area contributed by atoms with Crippen molar-refractivity contribution in [1.82, 2.24) is 15.1 Å². The first-order valence-electron chi connectivity index (χ1n) is 9.01. The highest BCUT2D eigenvalue weighted by molar-refractivity contribution is 6.30. The number of ether oxygens (including phenoxy) is 1. The molecule has 3 aromatic rings. The second-order valence-electron chi connectivity index (χ2n) is 6.30. The van der Waals surface area contributed by atoms with Gasteiger partial charge in [-0.15, -0.1) is 0 Å². The molecule has 0 bridgehead atoms. The maximum atomic E-state index is 11.8. The van der Waals surface area contributed by atoms with E-state index in [4.69, 9.17) is 16.3 Å². The predicted octanol–water partition coefficient (Wildman–Crippen LogP) is 3.46. The summed E-state index contributed by atoms with van der Waals surface area (Å²) in [6, 6.07) is 17.1. The molecule has 29 heavy (non-hydrogen) atoms. The van der Waals surface area contributed by atoms with Gasteiger partial charge in [-0.05, 0) is 29.3 Å². The van der Waals surface area contributed by atoms with E-state index in [0.717, 1.165) is 16.7 Å². The molecule has 0 radical (unpaired) electrons. The molecule has 0 unspecified atom stereocenters. The van der Waals surface area contributed by atoms with Gasteiger partial charge in [-0.1, -0.05) is 54.1 Å². The summed E-state index contributed by atoms with van der Waals surface area (Å²) in [7, 11) is 0. The van der Waals surface area contributed by atoms with E-state index < -0.39 is 5.97 Å². The van der Waals surface area contributed by atoms with Crippen LogP contribution in [0.4, 0.5) is 0 Å². The average Bonchev–Trinajstić information content (AvgIpc) is 3.18. The van der Waals surface area contributed by atoms with Crippen molar-refractivity contribution in [3.63, 3.8) is 0 Å². The van der Waals surface area contributed by atoms with Crippen molar-refractivity contribution in [2.24, 2.45) is 0 Å². The summed E-state index contributed by atoms with van der Waals surface area (Å²) >= 11 is 5.81. The Balaban J connectivity index is 1.40. The highest BCUT2D eigenvalue weighted by atomic mass is 35.5. The maximum absolute atomic E-state index is 11.8. The Morgan fingerprint density at radius 1 is 1.07 bits per heavy atom. The molecule has 148 valence electrons. The van der Waals surface area contributed by atoms with Gasteiger partial charge in [-0.3, -0.25) is 9.48 Å². The zero-order chi connectivity index (χ0) is 20.5. The number of amides is 1. The topological polar surface area (TPSA) is 73.2 Å². The Hall–Kier alpha value is -3.38. The lowest BCUT2D eigenvalue weighted by Crippen LogP contribution is -2.28. The van der Waals surface area contributed by atoms with Crippen LogP contribution in [-0.2, 0) is 27.4 Å². The number of rotatable bonds is 8. The third-order valence-corrected chi connectivity index (χ3v) is 4.25. The summed E-state index contributed by atoms with van der Waals surface area (Å²) in [6.07, 6.45) is 6.36. The lowest BCUT2D eigenvalue weighted by Gasteiger charge is -2.05. The van der Waals surface area contributed by atoms with E-state index in [-0.39, 0.29) is 12.5 Å². The lowest BCUT2D eigenvalue weighted by atomic mass is 10.2. The number of hydrogen-bond acceptors (Lipinski definition) is 4. The summed E-state index contributed by atoms with van der Waals surface area (Å²) in [4.78, 5) is 23.6. The number of hydrogen-bond donors (Lipinski definition) is 1. The van der Waals surface area contributed by atoms with Gasteiger partial charge in [0.2, 0.25) is 0 Å². The fourth-order valence-electron chi connectivity index (χ4n) is 2.53. The van der Waals surface area contributed by atoms with Gasteiger partial charge in [0, 0.05) is 29.4 Å². The van der Waals surface area contributed by atoms with E-state index in [1.165, 1.54) is 6.08 Å². The smallest absolute Gasteiger partial charge is 0.331 e. The van der Waals surface area contributed by atoms with Crippen LogP contribution < -0.4 is 5.32 Å². The van der Waals surface area contributed by atoms with E-state index in [9.17, 15) is 9.59 Å². The van der Waals surface area contributed by atoms with Crippen molar-refractivity contribution in [2.45, 2.75) is 13.1 Å². The number of halogens is 1. The Morgan fingerprint density at radius 2 is 1.83 bits per heavy atom. The van der Waals surface area contributed by atoms with Gasteiger partial charge in [-0.2, -0.15) is 5.10 Å². The average molecular weight is 410 g/mol. The van der Waals surface area contributed by atoms with Gasteiger partial charge >= 0.3 is 5.97 Å². The number of esters is 1. The molecule has 0 aliphatic rings. The molecule has 6 nitrogen and oxygen atoms in total. The van der Waals surface area contributed by atoms with Crippen LogP contribution in [0.5, 0.6) is 0 Å². The minimum atomic E-state index is -0.595. The van der Waals surface area contributed by atoms with Crippen LogP contribution >= 0.6 is 11.6 Å². The van der Waals surface area contributed by atoms with Crippen molar-refractivity contribution >= 4 is 29.6 Å². The highest BCUT2D eigenvalue weighted by Gasteiger charge is 2.05. The summed E-state index contributed by atoms with van der Waals surface area (Å²) in [5.74, 6) is -0.972. The molecule has 1 heterocycles. The van der Waals surface area contributed by atoms with Crippen LogP contribution in [0.2, 0.25) is 5.02 Å². The zero-order valence-corrected chi connectivity index (χ0v) is 16.4. The first-order chi connectivity index (χ1) is 14.1. The molecule has 1 N–H and O–H groups in total. The third kappa shape index (κ3) is 6.93. The Bertz CT molecular complexity index is 982. The fraction of sp³-hybridized carbons (Fsp3) is 0.136. The molecule has 7 heteroatoms. The molecule has 0 saturated heterocycles. The number of carbonyl (C=O) groups excluding carboxylic acids is 2. The van der Waals surface area contributed by atoms with Gasteiger partial charge in [0.05, 0.1) is 12.7 Å². The normalized spacial score (nSPS) is 10.8. The number of nitrogens with zero attached hydrogens (tertiary/aromatic N) is 2. The minimum Gasteiger partial charge on any atom is -0.452 e. The third-order valence-electron chi connectivity index (χ3n) is 4.00. The second kappa shape index (κ2) is 10.2. The molecule has 1 aromatic heterocycles. The molecule has 0 spiro atoms. The summed E-state index contributed by atoms with van der Waals surface area (Å²) in [5, 5.41) is 7.57. The maximum Gasteiger partial charge on any atom is 0.331 e. The summed E-state index contributed by atoms with van der Waals surface area (Å²) in [5.41, 5.74) is 2.81. The van der Waals surface area contributed by atoms with Gasteiger partial charge in [0.25, 0.3) is 5.91 Å². The Labute approximate surface area is 173 Å². The molecule has 0 saturated carbocycles. The SMILES string of the molecule is O=C(COC(=O)/C=C/c1cnn(Cc2ccccc2)c1)NCc1ccc(Cl)cc1. The number of carbonyl (C=O) groups is 2. The van der Waals surface area contributed by atoms with Crippen LogP contribution in [0.1, 0.15) is 16.7 Å². The standard InChI is InChI=1S/C22H20ClN3O3/c23-20-9-6-17(7-10-20)12-24-21(27)16-29-22(28)11-8-19-13-25-26(15-19)14-18-4-2-1-3-5-18/h1-11,13,15H,12,14,16H2,(H,24,27)/b11-8+. The first kappa shape index (κ1) is 20.4. The first-order valence-corrected chi connectivity index (χ1v) is 9.38. The highest BCUT2D eigenvalue weighted by Crippen LogP contribution is 2.09. The molecule has 1 amide bonds. The van der Waals surface area contributed by atoms with Crippen LogP contribution in [0.3, 0.4) is 0 Å². The van der Waals surface area contributed by atoms with Crippen molar-refractivity contribution in [1.29, 1.82) is 0 Å².